The van der Waals surface area contributed by atoms with Gasteiger partial charge in [-0.25, -0.2) is 9.98 Å². The summed E-state index contributed by atoms with van der Waals surface area (Å²) >= 11 is 0. The van der Waals surface area contributed by atoms with Crippen molar-refractivity contribution in [2.75, 3.05) is 50.8 Å². The number of anilines is 1. The van der Waals surface area contributed by atoms with E-state index in [0.29, 0.717) is 6.54 Å². The SMILES string of the molecule is CCNC(=NCc1cccnc1N1CCOCC1)N1CCCC1. The summed E-state index contributed by atoms with van der Waals surface area (Å²) in [5.41, 5.74) is 1.18. The van der Waals surface area contributed by atoms with Crippen LogP contribution in [0.25, 0.3) is 0 Å². The molecule has 0 spiro atoms. The predicted octanol–water partition coefficient (Wildman–Crippen LogP) is 1.48. The predicted molar refractivity (Wildman–Crippen MR) is 92.9 cm³/mol. The molecule has 3 rings (SSSR count). The van der Waals surface area contributed by atoms with E-state index in [4.69, 9.17) is 9.73 Å². The summed E-state index contributed by atoms with van der Waals surface area (Å²) < 4.78 is 5.45. The zero-order chi connectivity index (χ0) is 15.9. The number of morpholine rings is 1. The molecule has 0 aliphatic carbocycles. The molecule has 0 bridgehead atoms. The second-order valence-corrected chi connectivity index (χ2v) is 5.95. The zero-order valence-electron chi connectivity index (χ0n) is 14.0. The second kappa shape index (κ2) is 8.15. The molecule has 0 aromatic carbocycles. The summed E-state index contributed by atoms with van der Waals surface area (Å²) in [6, 6.07) is 4.13. The van der Waals surface area contributed by atoms with Gasteiger partial charge in [-0.3, -0.25) is 0 Å². The average Bonchev–Trinajstić information content (AvgIpc) is 3.14. The van der Waals surface area contributed by atoms with Crippen molar-refractivity contribution in [3.05, 3.63) is 23.9 Å². The van der Waals surface area contributed by atoms with Crippen LogP contribution < -0.4 is 10.2 Å². The molecule has 1 aromatic heterocycles. The minimum absolute atomic E-state index is 0.666. The fraction of sp³-hybridized carbons (Fsp3) is 0.647. The minimum Gasteiger partial charge on any atom is -0.378 e. The standard InChI is InChI=1S/C17H27N5O/c1-2-18-17(22-8-3-4-9-22)20-14-15-6-5-7-19-16(15)21-10-12-23-13-11-21/h5-7H,2-4,8-14H2,1H3,(H,18,20). The van der Waals surface area contributed by atoms with E-state index in [9.17, 15) is 0 Å². The lowest BCUT2D eigenvalue weighted by molar-refractivity contribution is 0.122. The molecule has 6 heteroatoms. The van der Waals surface area contributed by atoms with Gasteiger partial charge in [0.05, 0.1) is 19.8 Å². The molecular formula is C17H27N5O. The first-order valence-corrected chi connectivity index (χ1v) is 8.68. The Morgan fingerprint density at radius 1 is 1.26 bits per heavy atom. The number of guanidine groups is 1. The van der Waals surface area contributed by atoms with Crippen LogP contribution in [0.2, 0.25) is 0 Å². The van der Waals surface area contributed by atoms with Crippen LogP contribution in [0.1, 0.15) is 25.3 Å². The number of hydrogen-bond donors (Lipinski definition) is 1. The smallest absolute Gasteiger partial charge is 0.194 e. The largest absolute Gasteiger partial charge is 0.378 e. The van der Waals surface area contributed by atoms with E-state index in [2.05, 4.69) is 33.1 Å². The molecular weight excluding hydrogens is 290 g/mol. The van der Waals surface area contributed by atoms with Crippen molar-refractivity contribution in [3.63, 3.8) is 0 Å². The first-order valence-electron chi connectivity index (χ1n) is 8.68. The maximum Gasteiger partial charge on any atom is 0.194 e. The molecule has 2 fully saturated rings. The molecule has 6 nitrogen and oxygen atoms in total. The maximum atomic E-state index is 5.45. The second-order valence-electron chi connectivity index (χ2n) is 5.95. The number of aromatic nitrogens is 1. The molecule has 2 aliphatic rings. The van der Waals surface area contributed by atoms with Gasteiger partial charge in [0.15, 0.2) is 5.96 Å². The Morgan fingerprint density at radius 3 is 2.78 bits per heavy atom. The Labute approximate surface area is 138 Å². The number of nitrogens with one attached hydrogen (secondary N) is 1. The quantitative estimate of drug-likeness (QED) is 0.673. The Kier molecular flexibility index (Phi) is 5.69. The lowest BCUT2D eigenvalue weighted by Gasteiger charge is -2.29. The number of aliphatic imine (C=N–C) groups is 1. The summed E-state index contributed by atoms with van der Waals surface area (Å²) in [4.78, 5) is 14.1. The van der Waals surface area contributed by atoms with Crippen molar-refractivity contribution in [2.45, 2.75) is 26.3 Å². The van der Waals surface area contributed by atoms with Gasteiger partial charge in [-0.1, -0.05) is 6.07 Å². The van der Waals surface area contributed by atoms with Crippen LogP contribution in [0.3, 0.4) is 0 Å². The van der Waals surface area contributed by atoms with Crippen molar-refractivity contribution >= 4 is 11.8 Å². The summed E-state index contributed by atoms with van der Waals surface area (Å²) in [6.45, 7) is 9.25. The summed E-state index contributed by atoms with van der Waals surface area (Å²) in [7, 11) is 0. The molecule has 0 amide bonds. The third-order valence-corrected chi connectivity index (χ3v) is 4.32. The first-order chi connectivity index (χ1) is 11.4. The monoisotopic (exact) mass is 317 g/mol. The number of nitrogens with zero attached hydrogens (tertiary/aromatic N) is 4. The van der Waals surface area contributed by atoms with Gasteiger partial charge in [-0.2, -0.15) is 0 Å². The highest BCUT2D eigenvalue weighted by Gasteiger charge is 2.18. The normalized spacial score (nSPS) is 19.3. The van der Waals surface area contributed by atoms with Gasteiger partial charge in [0, 0.05) is 44.5 Å². The molecule has 0 atom stereocenters. The van der Waals surface area contributed by atoms with E-state index >= 15 is 0 Å². The highest BCUT2D eigenvalue weighted by atomic mass is 16.5. The van der Waals surface area contributed by atoms with Gasteiger partial charge in [0.1, 0.15) is 5.82 Å². The van der Waals surface area contributed by atoms with E-state index in [1.54, 1.807) is 0 Å². The molecule has 1 aromatic rings. The fourth-order valence-corrected chi connectivity index (χ4v) is 3.13. The number of hydrogen-bond acceptors (Lipinski definition) is 4. The number of pyridine rings is 1. The third-order valence-electron chi connectivity index (χ3n) is 4.32. The topological polar surface area (TPSA) is 53.0 Å². The Bertz CT molecular complexity index is 521. The van der Waals surface area contributed by atoms with E-state index in [1.807, 2.05) is 12.3 Å². The third kappa shape index (κ3) is 4.13. The molecule has 23 heavy (non-hydrogen) atoms. The Balaban J connectivity index is 1.74. The lowest BCUT2D eigenvalue weighted by atomic mass is 10.2. The maximum absolute atomic E-state index is 5.45. The van der Waals surface area contributed by atoms with Gasteiger partial charge in [-0.15, -0.1) is 0 Å². The molecule has 0 saturated carbocycles. The summed E-state index contributed by atoms with van der Waals surface area (Å²) in [5, 5.41) is 3.42. The van der Waals surface area contributed by atoms with Crippen molar-refractivity contribution in [3.8, 4) is 0 Å². The molecule has 0 unspecified atom stereocenters. The molecule has 0 radical (unpaired) electrons. The first kappa shape index (κ1) is 16.1. The van der Waals surface area contributed by atoms with Crippen LogP contribution in [-0.4, -0.2) is 61.8 Å². The van der Waals surface area contributed by atoms with Gasteiger partial charge in [0.25, 0.3) is 0 Å². The van der Waals surface area contributed by atoms with E-state index < -0.39 is 0 Å². The van der Waals surface area contributed by atoms with Crippen LogP contribution in [0.15, 0.2) is 23.3 Å². The summed E-state index contributed by atoms with van der Waals surface area (Å²) in [5.74, 6) is 2.08. The molecule has 1 N–H and O–H groups in total. The highest BCUT2D eigenvalue weighted by Crippen LogP contribution is 2.19. The highest BCUT2D eigenvalue weighted by molar-refractivity contribution is 5.80. The Hall–Kier alpha value is -1.82. The average molecular weight is 317 g/mol. The van der Waals surface area contributed by atoms with Crippen LogP contribution in [0.5, 0.6) is 0 Å². The fourth-order valence-electron chi connectivity index (χ4n) is 3.13. The summed E-state index contributed by atoms with van der Waals surface area (Å²) in [6.07, 6.45) is 4.39. The molecule has 126 valence electrons. The van der Waals surface area contributed by atoms with Crippen LogP contribution in [0, 0.1) is 0 Å². The Morgan fingerprint density at radius 2 is 2.04 bits per heavy atom. The lowest BCUT2D eigenvalue weighted by Crippen LogP contribution is -2.39. The molecule has 2 saturated heterocycles. The van der Waals surface area contributed by atoms with E-state index in [1.165, 1.54) is 18.4 Å². The number of rotatable bonds is 4. The van der Waals surface area contributed by atoms with E-state index in [-0.39, 0.29) is 0 Å². The van der Waals surface area contributed by atoms with Crippen LogP contribution in [-0.2, 0) is 11.3 Å². The van der Waals surface area contributed by atoms with Gasteiger partial charge in [-0.05, 0) is 25.8 Å². The van der Waals surface area contributed by atoms with Gasteiger partial charge >= 0.3 is 0 Å². The van der Waals surface area contributed by atoms with Gasteiger partial charge < -0.3 is 19.9 Å². The van der Waals surface area contributed by atoms with Crippen molar-refractivity contribution < 1.29 is 4.74 Å². The number of likely N-dealkylation sites (tertiary alicyclic amines) is 1. The van der Waals surface area contributed by atoms with Crippen LogP contribution in [0.4, 0.5) is 5.82 Å². The van der Waals surface area contributed by atoms with Crippen molar-refractivity contribution in [1.29, 1.82) is 0 Å². The van der Waals surface area contributed by atoms with Crippen molar-refractivity contribution in [1.82, 2.24) is 15.2 Å². The van der Waals surface area contributed by atoms with Gasteiger partial charge in [0.2, 0.25) is 0 Å². The van der Waals surface area contributed by atoms with Crippen LogP contribution >= 0.6 is 0 Å². The molecule has 3 heterocycles. The van der Waals surface area contributed by atoms with Crippen molar-refractivity contribution in [2.24, 2.45) is 4.99 Å². The van der Waals surface area contributed by atoms with E-state index in [0.717, 1.165) is 57.7 Å². The number of ether oxygens (including phenoxy) is 1. The molecule has 2 aliphatic heterocycles. The zero-order valence-corrected chi connectivity index (χ0v) is 14.0. The minimum atomic E-state index is 0.666.